The Balaban J connectivity index is 2.28. The van der Waals surface area contributed by atoms with Crippen LogP contribution in [0, 0.1) is 0 Å². The van der Waals surface area contributed by atoms with E-state index in [1.807, 2.05) is 30.3 Å². The second kappa shape index (κ2) is 7.32. The van der Waals surface area contributed by atoms with Crippen molar-refractivity contribution in [1.82, 2.24) is 4.98 Å². The van der Waals surface area contributed by atoms with Gasteiger partial charge < -0.3 is 14.6 Å². The molecule has 0 bridgehead atoms. The molecule has 2 heterocycles. The first-order chi connectivity index (χ1) is 12.5. The summed E-state index contributed by atoms with van der Waals surface area (Å²) in [6.45, 7) is 0. The van der Waals surface area contributed by atoms with Gasteiger partial charge in [-0.1, -0.05) is 18.2 Å². The maximum Gasteiger partial charge on any atom is 0.407 e. The summed E-state index contributed by atoms with van der Waals surface area (Å²) in [6.07, 6.45) is 4.48. The quantitative estimate of drug-likeness (QED) is 0.453. The number of benzene rings is 1. The molecule has 0 aliphatic rings. The van der Waals surface area contributed by atoms with E-state index in [0.717, 1.165) is 28.2 Å². The van der Waals surface area contributed by atoms with Gasteiger partial charge in [0.2, 0.25) is 0 Å². The van der Waals surface area contributed by atoms with Crippen molar-refractivity contribution in [3.05, 3.63) is 51.9 Å². The molecule has 7 nitrogen and oxygen atoms in total. The first-order valence-electron chi connectivity index (χ1n) is 7.50. The molecule has 2 aromatic heterocycles. The summed E-state index contributed by atoms with van der Waals surface area (Å²) in [4.78, 5) is 27.6. The monoisotopic (exact) mass is 370 g/mol. The van der Waals surface area contributed by atoms with Gasteiger partial charge in [-0.25, -0.2) is 14.6 Å². The minimum absolute atomic E-state index is 0.0784. The van der Waals surface area contributed by atoms with E-state index < -0.39 is 17.8 Å². The fraction of sp³-hybridized carbons (Fsp3) is 0.111. The number of hydrogen-bond acceptors (Lipinski definition) is 7. The second-order valence-electron chi connectivity index (χ2n) is 5.18. The third-order valence-corrected chi connectivity index (χ3v) is 4.59. The molecule has 0 aliphatic heterocycles. The number of pyridine rings is 1. The van der Waals surface area contributed by atoms with Crippen LogP contribution >= 0.6 is 11.3 Å². The molecule has 0 spiro atoms. The Labute approximate surface area is 152 Å². The highest BCUT2D eigenvalue weighted by atomic mass is 32.1. The number of thiazole rings is 1. The van der Waals surface area contributed by atoms with Crippen molar-refractivity contribution in [2.24, 2.45) is 0 Å². The third-order valence-electron chi connectivity index (χ3n) is 3.60. The Hall–Kier alpha value is -3.26. The molecule has 0 N–H and O–H groups in total. The topological polar surface area (TPSA) is 92.4 Å². The molecule has 0 atom stereocenters. The van der Waals surface area contributed by atoms with Gasteiger partial charge in [-0.2, -0.15) is 4.57 Å². The smallest absolute Gasteiger partial charge is 0.407 e. The average molecular weight is 370 g/mol. The number of hydrogen-bond donors (Lipinski definition) is 0. The largest absolute Gasteiger partial charge is 0.858 e. The zero-order chi connectivity index (χ0) is 18.7. The third kappa shape index (κ3) is 3.40. The van der Waals surface area contributed by atoms with Crippen LogP contribution < -0.4 is 18.9 Å². The minimum atomic E-state index is -0.671. The van der Waals surface area contributed by atoms with Crippen LogP contribution in [-0.2, 0) is 19.1 Å². The molecule has 132 valence electrons. The second-order valence-corrected chi connectivity index (χ2v) is 6.21. The lowest BCUT2D eigenvalue weighted by Gasteiger charge is -2.00. The number of fused-ring (bicyclic) bond motifs is 1. The lowest BCUT2D eigenvalue weighted by atomic mass is 10.2. The lowest BCUT2D eigenvalue weighted by Crippen LogP contribution is -2.41. The molecule has 3 rings (SSSR count). The van der Waals surface area contributed by atoms with E-state index in [1.54, 1.807) is 17.0 Å². The molecular formula is C18H14N2O5S. The highest BCUT2D eigenvalue weighted by Gasteiger charge is 2.24. The van der Waals surface area contributed by atoms with E-state index in [2.05, 4.69) is 9.72 Å². The Bertz CT molecular complexity index is 1120. The van der Waals surface area contributed by atoms with Crippen molar-refractivity contribution in [3.8, 4) is 5.88 Å². The molecule has 3 aromatic rings. The number of rotatable bonds is 3. The van der Waals surface area contributed by atoms with Crippen LogP contribution in [0.15, 0.2) is 42.7 Å². The summed E-state index contributed by atoms with van der Waals surface area (Å²) < 4.78 is 11.2. The van der Waals surface area contributed by atoms with Gasteiger partial charge >= 0.3 is 17.6 Å². The molecule has 8 heteroatoms. The molecule has 1 aromatic carbocycles. The van der Waals surface area contributed by atoms with Crippen LogP contribution in [0.2, 0.25) is 0 Å². The van der Waals surface area contributed by atoms with E-state index in [4.69, 9.17) is 4.74 Å². The van der Waals surface area contributed by atoms with Crippen molar-refractivity contribution in [1.29, 1.82) is 0 Å². The summed E-state index contributed by atoms with van der Waals surface area (Å²) in [6, 6.07) is 9.48. The van der Waals surface area contributed by atoms with Crippen molar-refractivity contribution in [2.75, 3.05) is 14.2 Å². The van der Waals surface area contributed by atoms with Gasteiger partial charge in [0.05, 0.1) is 14.2 Å². The molecule has 0 saturated carbocycles. The van der Waals surface area contributed by atoms with Gasteiger partial charge in [-0.3, -0.25) is 0 Å². The highest BCUT2D eigenvalue weighted by Crippen LogP contribution is 2.10. The minimum Gasteiger partial charge on any atom is -0.858 e. The van der Waals surface area contributed by atoms with E-state index in [-0.39, 0.29) is 14.9 Å². The van der Waals surface area contributed by atoms with Crippen molar-refractivity contribution >= 4 is 45.8 Å². The van der Waals surface area contributed by atoms with Gasteiger partial charge in [0.1, 0.15) is 0 Å². The van der Waals surface area contributed by atoms with Gasteiger partial charge in [0.15, 0.2) is 17.1 Å². The molecule has 0 radical (unpaired) electrons. The number of nitrogens with zero attached hydrogens (tertiary/aromatic N) is 2. The highest BCUT2D eigenvalue weighted by molar-refractivity contribution is 7.08. The number of esters is 2. The normalized spacial score (nSPS) is 12.8. The van der Waals surface area contributed by atoms with Crippen molar-refractivity contribution in [2.45, 2.75) is 0 Å². The average Bonchev–Trinajstić information content (AvgIpc) is 3.01. The van der Waals surface area contributed by atoms with E-state index in [1.165, 1.54) is 14.2 Å². The Morgan fingerprint density at radius 2 is 1.88 bits per heavy atom. The van der Waals surface area contributed by atoms with Crippen LogP contribution in [0.1, 0.15) is 0 Å². The molecule has 0 saturated heterocycles. The molecule has 0 aliphatic carbocycles. The Kier molecular flexibility index (Phi) is 4.94. The number of ether oxygens (including phenoxy) is 2. The van der Waals surface area contributed by atoms with Crippen molar-refractivity contribution < 1.29 is 28.7 Å². The summed E-state index contributed by atoms with van der Waals surface area (Å²) in [7, 11) is 2.46. The summed E-state index contributed by atoms with van der Waals surface area (Å²) in [5.41, 5.74) is 0.0878. The SMILES string of the molecule is COC(=O)/C=c1\s/c(=C(/C(=O)OC)[n+]2ccc3ccccc3c2)nc1[O-]. The van der Waals surface area contributed by atoms with Crippen molar-refractivity contribution in [3.63, 3.8) is 0 Å². The fourth-order valence-corrected chi connectivity index (χ4v) is 3.26. The molecule has 0 amide bonds. The number of carbonyl (C=O) groups excluding carboxylic acids is 2. The van der Waals surface area contributed by atoms with E-state index >= 15 is 0 Å². The lowest BCUT2D eigenvalue weighted by molar-refractivity contribution is -0.577. The van der Waals surface area contributed by atoms with Crippen LogP contribution in [0.4, 0.5) is 0 Å². The fourth-order valence-electron chi connectivity index (χ4n) is 2.35. The number of aromatic nitrogens is 2. The number of methoxy groups -OCH3 is 2. The van der Waals surface area contributed by atoms with E-state index in [9.17, 15) is 14.7 Å². The van der Waals surface area contributed by atoms with Gasteiger partial charge in [-0.15, -0.1) is 11.3 Å². The van der Waals surface area contributed by atoms with Crippen LogP contribution in [0.3, 0.4) is 0 Å². The standard InChI is InChI=1S/C18H14N2O5S/c1-24-14(21)9-13-16(22)19-17(26-13)15(18(23)25-2)20-8-7-11-5-3-4-6-12(11)10-20/h3-10H,1-2H3/b13-9-. The molecule has 0 fully saturated rings. The summed E-state index contributed by atoms with van der Waals surface area (Å²) in [5, 5.41) is 13.9. The van der Waals surface area contributed by atoms with Crippen LogP contribution in [-0.4, -0.2) is 31.1 Å². The number of carbonyl (C=O) groups is 2. The molecule has 26 heavy (non-hydrogen) atoms. The van der Waals surface area contributed by atoms with Gasteiger partial charge in [-0.05, 0) is 11.5 Å². The van der Waals surface area contributed by atoms with Crippen LogP contribution in [0.25, 0.3) is 22.5 Å². The van der Waals surface area contributed by atoms with E-state index in [0.29, 0.717) is 0 Å². The Morgan fingerprint density at radius 3 is 2.58 bits per heavy atom. The molecule has 0 unspecified atom stereocenters. The predicted molar refractivity (Wildman–Crippen MR) is 92.3 cm³/mol. The van der Waals surface area contributed by atoms with Gasteiger partial charge in [0.25, 0.3) is 0 Å². The maximum atomic E-state index is 12.3. The zero-order valence-corrected chi connectivity index (χ0v) is 14.8. The maximum absolute atomic E-state index is 12.3. The first-order valence-corrected chi connectivity index (χ1v) is 8.31. The predicted octanol–water partition coefficient (Wildman–Crippen LogP) is -0.560. The first kappa shape index (κ1) is 17.6. The Morgan fingerprint density at radius 1 is 1.15 bits per heavy atom. The zero-order valence-electron chi connectivity index (χ0n) is 14.0. The molecular weight excluding hydrogens is 356 g/mol. The van der Waals surface area contributed by atoms with Crippen LogP contribution in [0.5, 0.6) is 5.88 Å². The summed E-state index contributed by atoms with van der Waals surface area (Å²) >= 11 is 0.917. The van der Waals surface area contributed by atoms with Gasteiger partial charge in [0, 0.05) is 27.9 Å². The summed E-state index contributed by atoms with van der Waals surface area (Å²) in [5.74, 6) is -1.93.